The van der Waals surface area contributed by atoms with Gasteiger partial charge in [0, 0.05) is 10.7 Å². The molecule has 1 aliphatic heterocycles. The summed E-state index contributed by atoms with van der Waals surface area (Å²) in [7, 11) is 0.953. The van der Waals surface area contributed by atoms with Gasteiger partial charge in [0.15, 0.2) is 0 Å². The predicted octanol–water partition coefficient (Wildman–Crippen LogP) is 3.21. The molecule has 2 aromatic rings. The average Bonchev–Trinajstić information content (AvgIpc) is 2.71. The largest absolute Gasteiger partial charge is 0.268 e. The number of halogens is 3. The quantitative estimate of drug-likeness (QED) is 0.598. The van der Waals surface area contributed by atoms with E-state index in [1.165, 1.54) is 12.1 Å². The Morgan fingerprint density at radius 3 is 2.00 bits per heavy atom. The summed E-state index contributed by atoms with van der Waals surface area (Å²) in [5.74, 6) is -2.54. The maximum atomic E-state index is 14.2. The number of fused-ring (bicyclic) bond motifs is 1. The lowest BCUT2D eigenvalue weighted by atomic mass is 10.1. The number of carbonyl (C=O) groups is 2. The third-order valence-corrected chi connectivity index (χ3v) is 5.09. The third kappa shape index (κ3) is 2.50. The van der Waals surface area contributed by atoms with Gasteiger partial charge in [-0.1, -0.05) is 23.7 Å². The normalized spacial score (nSPS) is 14.3. The number of hydrogen-bond donors (Lipinski definition) is 0. The second kappa shape index (κ2) is 5.30. The van der Waals surface area contributed by atoms with E-state index < -0.39 is 42.3 Å². The first-order valence-corrected chi connectivity index (χ1v) is 8.82. The summed E-state index contributed by atoms with van der Waals surface area (Å²) in [5.41, 5.74) is -0.330. The van der Waals surface area contributed by atoms with Gasteiger partial charge >= 0.3 is 0 Å². The molecule has 9 heteroatoms. The van der Waals surface area contributed by atoms with E-state index in [9.17, 15) is 22.4 Å². The number of hydrogen-bond acceptors (Lipinski definition) is 4. The molecule has 1 aliphatic rings. The number of carbonyl (C=O) groups excluding carboxylic acids is 2. The topological polar surface area (TPSA) is 71.5 Å². The van der Waals surface area contributed by atoms with Gasteiger partial charge in [-0.25, -0.2) is 17.7 Å². The number of amides is 2. The minimum atomic E-state index is -4.28. The minimum Gasteiger partial charge on any atom is -0.268 e. The van der Waals surface area contributed by atoms with Crippen LogP contribution in [0.25, 0.3) is 0 Å². The fraction of sp³-hybridized carbons (Fsp3) is 0. The summed E-state index contributed by atoms with van der Waals surface area (Å²) >= 11 is 5.66. The molecular formula is C14H6Cl2FNO4S. The van der Waals surface area contributed by atoms with Crippen LogP contribution in [-0.2, 0) is 9.05 Å². The first kappa shape index (κ1) is 15.9. The van der Waals surface area contributed by atoms with Crippen LogP contribution in [0.1, 0.15) is 20.7 Å². The van der Waals surface area contributed by atoms with Crippen molar-refractivity contribution < 1.29 is 22.4 Å². The number of imide groups is 1. The van der Waals surface area contributed by atoms with Crippen LogP contribution in [0.4, 0.5) is 10.1 Å². The zero-order valence-electron chi connectivity index (χ0n) is 11.1. The SMILES string of the molecule is O=C1c2ccccc2C(=O)N1c1cc(S(=O)(=O)Cl)c(Cl)cc1F. The molecule has 0 radical (unpaired) electrons. The summed E-state index contributed by atoms with van der Waals surface area (Å²) < 4.78 is 37.1. The van der Waals surface area contributed by atoms with Crippen molar-refractivity contribution in [3.63, 3.8) is 0 Å². The standard InChI is InChI=1S/C14H6Cl2FNO4S/c15-9-5-10(17)11(6-12(9)23(16,21)22)18-13(19)7-3-1-2-4-8(7)14(18)20/h1-6H. The van der Waals surface area contributed by atoms with Crippen LogP contribution in [0.5, 0.6) is 0 Å². The molecule has 0 atom stereocenters. The van der Waals surface area contributed by atoms with Crippen LogP contribution < -0.4 is 4.90 Å². The molecule has 0 fully saturated rings. The van der Waals surface area contributed by atoms with E-state index in [0.29, 0.717) is 11.0 Å². The third-order valence-electron chi connectivity index (χ3n) is 3.30. The van der Waals surface area contributed by atoms with Crippen molar-refractivity contribution >= 4 is 48.8 Å². The summed E-state index contributed by atoms with van der Waals surface area (Å²) in [5, 5.41) is -0.446. The van der Waals surface area contributed by atoms with Crippen LogP contribution in [0, 0.1) is 5.82 Å². The minimum absolute atomic E-state index is 0.0992. The molecule has 0 unspecified atom stereocenters. The van der Waals surface area contributed by atoms with Gasteiger partial charge in [-0.2, -0.15) is 0 Å². The van der Waals surface area contributed by atoms with Crippen LogP contribution in [-0.4, -0.2) is 20.2 Å². The maximum Gasteiger partial charge on any atom is 0.266 e. The van der Waals surface area contributed by atoms with Gasteiger partial charge in [-0.15, -0.1) is 0 Å². The van der Waals surface area contributed by atoms with Crippen molar-refractivity contribution in [1.29, 1.82) is 0 Å². The lowest BCUT2D eigenvalue weighted by Crippen LogP contribution is -2.30. The molecule has 0 bridgehead atoms. The first-order valence-electron chi connectivity index (χ1n) is 6.13. The molecule has 2 aromatic carbocycles. The molecular weight excluding hydrogens is 368 g/mol. The van der Waals surface area contributed by atoms with Crippen molar-refractivity contribution in [3.8, 4) is 0 Å². The molecule has 0 saturated carbocycles. The summed E-state index contributed by atoms with van der Waals surface area (Å²) in [4.78, 5) is 24.6. The fourth-order valence-electron chi connectivity index (χ4n) is 2.28. The summed E-state index contributed by atoms with van der Waals surface area (Å²) in [6.45, 7) is 0. The van der Waals surface area contributed by atoms with Crippen molar-refractivity contribution in [2.24, 2.45) is 0 Å². The summed E-state index contributed by atoms with van der Waals surface area (Å²) in [6.07, 6.45) is 0. The number of rotatable bonds is 2. The Kier molecular flexibility index (Phi) is 3.66. The molecule has 23 heavy (non-hydrogen) atoms. The van der Waals surface area contributed by atoms with E-state index in [4.69, 9.17) is 22.3 Å². The lowest BCUT2D eigenvalue weighted by molar-refractivity contribution is 0.0924. The second-order valence-electron chi connectivity index (χ2n) is 4.66. The molecule has 0 saturated heterocycles. The Morgan fingerprint density at radius 2 is 1.52 bits per heavy atom. The maximum absolute atomic E-state index is 14.2. The van der Waals surface area contributed by atoms with E-state index in [-0.39, 0.29) is 11.1 Å². The predicted molar refractivity (Wildman–Crippen MR) is 82.0 cm³/mol. The first-order chi connectivity index (χ1) is 10.7. The molecule has 0 N–H and O–H groups in total. The molecule has 118 valence electrons. The van der Waals surface area contributed by atoms with Crippen molar-refractivity contribution in [1.82, 2.24) is 0 Å². The van der Waals surface area contributed by atoms with Gasteiger partial charge < -0.3 is 0 Å². The van der Waals surface area contributed by atoms with Crippen LogP contribution in [0.3, 0.4) is 0 Å². The monoisotopic (exact) mass is 373 g/mol. The van der Waals surface area contributed by atoms with E-state index in [0.717, 1.165) is 6.07 Å². The van der Waals surface area contributed by atoms with Gasteiger partial charge in [-0.05, 0) is 24.3 Å². The zero-order chi connectivity index (χ0) is 16.9. The molecule has 0 spiro atoms. The molecule has 0 aliphatic carbocycles. The van der Waals surface area contributed by atoms with E-state index in [1.54, 1.807) is 12.1 Å². The fourth-order valence-corrected chi connectivity index (χ4v) is 3.79. The van der Waals surface area contributed by atoms with Gasteiger partial charge in [0.25, 0.3) is 20.9 Å². The molecule has 2 amide bonds. The highest BCUT2D eigenvalue weighted by Crippen LogP contribution is 2.35. The Labute approximate surface area is 139 Å². The second-order valence-corrected chi connectivity index (χ2v) is 7.60. The molecule has 5 nitrogen and oxygen atoms in total. The smallest absolute Gasteiger partial charge is 0.266 e. The number of nitrogens with zero attached hydrogens (tertiary/aromatic N) is 1. The Bertz CT molecular complexity index is 940. The van der Waals surface area contributed by atoms with E-state index >= 15 is 0 Å². The Morgan fingerprint density at radius 1 is 1.00 bits per heavy atom. The van der Waals surface area contributed by atoms with Crippen LogP contribution in [0.2, 0.25) is 5.02 Å². The summed E-state index contributed by atoms with van der Waals surface area (Å²) in [6, 6.07) is 7.41. The lowest BCUT2D eigenvalue weighted by Gasteiger charge is -2.16. The van der Waals surface area contributed by atoms with Gasteiger partial charge in [0.2, 0.25) is 0 Å². The van der Waals surface area contributed by atoms with Crippen molar-refractivity contribution in [2.75, 3.05) is 4.90 Å². The number of benzene rings is 2. The zero-order valence-corrected chi connectivity index (χ0v) is 13.4. The highest BCUT2D eigenvalue weighted by molar-refractivity contribution is 8.13. The Balaban J connectivity index is 2.21. The van der Waals surface area contributed by atoms with Gasteiger partial charge in [-0.3, -0.25) is 9.59 Å². The average molecular weight is 374 g/mol. The van der Waals surface area contributed by atoms with E-state index in [2.05, 4.69) is 0 Å². The number of anilines is 1. The van der Waals surface area contributed by atoms with Crippen molar-refractivity contribution in [3.05, 3.63) is 58.4 Å². The Hall–Kier alpha value is -1.96. The highest BCUT2D eigenvalue weighted by Gasteiger charge is 2.38. The highest BCUT2D eigenvalue weighted by atomic mass is 35.7. The van der Waals surface area contributed by atoms with Crippen LogP contribution >= 0.6 is 22.3 Å². The van der Waals surface area contributed by atoms with Gasteiger partial charge in [0.05, 0.1) is 21.8 Å². The van der Waals surface area contributed by atoms with Crippen LogP contribution in [0.15, 0.2) is 41.3 Å². The van der Waals surface area contributed by atoms with E-state index in [1.807, 2.05) is 0 Å². The molecule has 3 rings (SSSR count). The van der Waals surface area contributed by atoms with Gasteiger partial charge in [0.1, 0.15) is 10.7 Å². The molecule has 1 heterocycles. The molecule has 0 aromatic heterocycles. The van der Waals surface area contributed by atoms with Crippen molar-refractivity contribution in [2.45, 2.75) is 4.90 Å².